The number of hydrogen-bond donors (Lipinski definition) is 2. The van der Waals surface area contributed by atoms with Gasteiger partial charge >= 0.3 is 0 Å². The van der Waals surface area contributed by atoms with E-state index in [1.807, 2.05) is 20.1 Å². The zero-order valence-electron chi connectivity index (χ0n) is 11.3. The molecule has 0 radical (unpaired) electrons. The maximum atomic E-state index is 11.7. The topological polar surface area (TPSA) is 55.1 Å². The smallest absolute Gasteiger partial charge is 0.222 e. The summed E-state index contributed by atoms with van der Waals surface area (Å²) < 4.78 is 0. The van der Waals surface area contributed by atoms with Crippen LogP contribution in [0.1, 0.15) is 38.3 Å². The summed E-state index contributed by atoms with van der Waals surface area (Å²) in [5.74, 6) is 0.0193. The van der Waals surface area contributed by atoms with E-state index in [0.29, 0.717) is 6.42 Å². The molecule has 18 heavy (non-hydrogen) atoms. The molecule has 2 unspecified atom stereocenters. The Bertz CT molecular complexity index is 378. The van der Waals surface area contributed by atoms with Crippen molar-refractivity contribution in [2.24, 2.45) is 5.73 Å². The Morgan fingerprint density at radius 1 is 1.39 bits per heavy atom. The fourth-order valence-corrected chi connectivity index (χ4v) is 2.07. The molecule has 0 saturated heterocycles. The summed E-state index contributed by atoms with van der Waals surface area (Å²) in [5.41, 5.74) is 6.88. The van der Waals surface area contributed by atoms with Gasteiger partial charge in [-0.1, -0.05) is 19.1 Å². The van der Waals surface area contributed by atoms with Crippen LogP contribution in [0.2, 0.25) is 0 Å². The van der Waals surface area contributed by atoms with E-state index in [4.69, 9.17) is 5.73 Å². The molecule has 0 aliphatic rings. The lowest BCUT2D eigenvalue weighted by Crippen LogP contribution is -2.32. The minimum absolute atomic E-state index is 0.0193. The van der Waals surface area contributed by atoms with E-state index in [1.54, 1.807) is 11.8 Å². The van der Waals surface area contributed by atoms with Gasteiger partial charge in [0.15, 0.2) is 0 Å². The molecule has 100 valence electrons. The SMILES string of the molecule is CCC(N)CC(=O)NC(C)c1ccc(SC)cc1. The number of carbonyl (C=O) groups excluding carboxylic acids is 1. The Hall–Kier alpha value is -1.00. The molecular formula is C14H22N2OS. The minimum atomic E-state index is -0.0453. The molecule has 0 heterocycles. The number of hydrogen-bond acceptors (Lipinski definition) is 3. The normalized spacial score (nSPS) is 14.0. The van der Waals surface area contributed by atoms with Crippen LogP contribution in [0, 0.1) is 0 Å². The molecule has 2 atom stereocenters. The molecule has 1 aromatic carbocycles. The van der Waals surface area contributed by atoms with E-state index < -0.39 is 0 Å². The molecule has 0 spiro atoms. The van der Waals surface area contributed by atoms with Crippen LogP contribution in [-0.2, 0) is 4.79 Å². The van der Waals surface area contributed by atoms with E-state index >= 15 is 0 Å². The Kier molecular flexibility index (Phi) is 6.22. The highest BCUT2D eigenvalue weighted by Gasteiger charge is 2.12. The van der Waals surface area contributed by atoms with E-state index in [-0.39, 0.29) is 18.0 Å². The van der Waals surface area contributed by atoms with Crippen molar-refractivity contribution in [3.8, 4) is 0 Å². The Morgan fingerprint density at radius 3 is 2.50 bits per heavy atom. The van der Waals surface area contributed by atoms with E-state index in [0.717, 1.165) is 12.0 Å². The molecule has 0 aliphatic carbocycles. The number of benzene rings is 1. The first kappa shape index (κ1) is 15.1. The third-order valence-electron chi connectivity index (χ3n) is 2.97. The van der Waals surface area contributed by atoms with Gasteiger partial charge in [0.05, 0.1) is 6.04 Å². The predicted octanol–water partition coefficient (Wildman–Crippen LogP) is 2.71. The van der Waals surface area contributed by atoms with E-state index in [9.17, 15) is 4.79 Å². The highest BCUT2D eigenvalue weighted by molar-refractivity contribution is 7.98. The second-order valence-electron chi connectivity index (χ2n) is 4.43. The molecule has 1 rings (SSSR count). The standard InChI is InChI=1S/C14H22N2OS/c1-4-12(15)9-14(17)16-10(2)11-5-7-13(18-3)8-6-11/h5-8,10,12H,4,9,15H2,1-3H3,(H,16,17). The van der Waals surface area contributed by atoms with Gasteiger partial charge in [-0.05, 0) is 37.3 Å². The van der Waals surface area contributed by atoms with Gasteiger partial charge in [-0.3, -0.25) is 4.79 Å². The lowest BCUT2D eigenvalue weighted by Gasteiger charge is -2.16. The molecule has 3 nitrogen and oxygen atoms in total. The molecule has 0 saturated carbocycles. The van der Waals surface area contributed by atoms with Gasteiger partial charge in [-0.25, -0.2) is 0 Å². The average molecular weight is 266 g/mol. The van der Waals surface area contributed by atoms with Gasteiger partial charge in [-0.15, -0.1) is 11.8 Å². The molecule has 0 aromatic heterocycles. The van der Waals surface area contributed by atoms with Gasteiger partial charge in [0.2, 0.25) is 5.91 Å². The van der Waals surface area contributed by atoms with Crippen LogP contribution in [0.3, 0.4) is 0 Å². The summed E-state index contributed by atoms with van der Waals surface area (Å²) in [5, 5.41) is 2.97. The van der Waals surface area contributed by atoms with Gasteiger partial charge in [0.1, 0.15) is 0 Å². The Balaban J connectivity index is 2.53. The molecular weight excluding hydrogens is 244 g/mol. The molecule has 4 heteroatoms. The Morgan fingerprint density at radius 2 is 2.00 bits per heavy atom. The van der Waals surface area contributed by atoms with E-state index in [1.165, 1.54) is 4.90 Å². The number of nitrogens with one attached hydrogen (secondary N) is 1. The van der Waals surface area contributed by atoms with Crippen LogP contribution in [0.15, 0.2) is 29.2 Å². The number of nitrogens with two attached hydrogens (primary N) is 1. The maximum absolute atomic E-state index is 11.7. The van der Waals surface area contributed by atoms with Crippen molar-refractivity contribution in [3.63, 3.8) is 0 Å². The summed E-state index contributed by atoms with van der Waals surface area (Å²) in [7, 11) is 0. The monoisotopic (exact) mass is 266 g/mol. The van der Waals surface area contributed by atoms with Crippen LogP contribution in [-0.4, -0.2) is 18.2 Å². The highest BCUT2D eigenvalue weighted by atomic mass is 32.2. The van der Waals surface area contributed by atoms with Crippen molar-refractivity contribution in [1.29, 1.82) is 0 Å². The van der Waals surface area contributed by atoms with Crippen molar-refractivity contribution >= 4 is 17.7 Å². The van der Waals surface area contributed by atoms with Crippen LogP contribution in [0.4, 0.5) is 0 Å². The van der Waals surface area contributed by atoms with E-state index in [2.05, 4.69) is 29.6 Å². The molecule has 0 bridgehead atoms. The summed E-state index contributed by atoms with van der Waals surface area (Å²) >= 11 is 1.71. The first-order valence-corrected chi connectivity index (χ1v) is 7.48. The first-order valence-electron chi connectivity index (χ1n) is 6.25. The summed E-state index contributed by atoms with van der Waals surface area (Å²) in [4.78, 5) is 13.0. The molecule has 1 amide bonds. The van der Waals surface area contributed by atoms with Crippen LogP contribution in [0.5, 0.6) is 0 Å². The Labute approximate surface area is 114 Å². The second kappa shape index (κ2) is 7.44. The third-order valence-corrected chi connectivity index (χ3v) is 3.71. The molecule has 1 aromatic rings. The highest BCUT2D eigenvalue weighted by Crippen LogP contribution is 2.18. The fourth-order valence-electron chi connectivity index (χ4n) is 1.66. The van der Waals surface area contributed by atoms with Crippen molar-refractivity contribution in [1.82, 2.24) is 5.32 Å². The number of thioether (sulfide) groups is 1. The third kappa shape index (κ3) is 4.70. The van der Waals surface area contributed by atoms with Crippen molar-refractivity contribution in [2.75, 3.05) is 6.26 Å². The van der Waals surface area contributed by atoms with Gasteiger partial charge in [0.25, 0.3) is 0 Å². The first-order chi connectivity index (χ1) is 8.56. The van der Waals surface area contributed by atoms with Crippen LogP contribution >= 0.6 is 11.8 Å². The largest absolute Gasteiger partial charge is 0.350 e. The average Bonchev–Trinajstić information content (AvgIpc) is 2.38. The van der Waals surface area contributed by atoms with Crippen molar-refractivity contribution in [2.45, 2.75) is 43.7 Å². The summed E-state index contributed by atoms with van der Waals surface area (Å²) in [6, 6.07) is 8.22. The summed E-state index contributed by atoms with van der Waals surface area (Å²) in [6.07, 6.45) is 3.26. The van der Waals surface area contributed by atoms with Crippen molar-refractivity contribution < 1.29 is 4.79 Å². The second-order valence-corrected chi connectivity index (χ2v) is 5.31. The van der Waals surface area contributed by atoms with Gasteiger partial charge < -0.3 is 11.1 Å². The molecule has 3 N–H and O–H groups in total. The predicted molar refractivity (Wildman–Crippen MR) is 77.7 cm³/mol. The van der Waals surface area contributed by atoms with Gasteiger partial charge in [-0.2, -0.15) is 0 Å². The number of carbonyl (C=O) groups is 1. The lowest BCUT2D eigenvalue weighted by molar-refractivity contribution is -0.122. The quantitative estimate of drug-likeness (QED) is 0.778. The number of amides is 1. The zero-order valence-corrected chi connectivity index (χ0v) is 12.1. The molecule has 0 fully saturated rings. The zero-order chi connectivity index (χ0) is 13.5. The van der Waals surface area contributed by atoms with Crippen LogP contribution < -0.4 is 11.1 Å². The van der Waals surface area contributed by atoms with Crippen LogP contribution in [0.25, 0.3) is 0 Å². The maximum Gasteiger partial charge on any atom is 0.222 e. The number of rotatable bonds is 6. The van der Waals surface area contributed by atoms with Crippen molar-refractivity contribution in [3.05, 3.63) is 29.8 Å². The summed E-state index contributed by atoms with van der Waals surface area (Å²) in [6.45, 7) is 3.98. The fraction of sp³-hybridized carbons (Fsp3) is 0.500. The van der Waals surface area contributed by atoms with Gasteiger partial charge in [0, 0.05) is 17.4 Å². The molecule has 0 aliphatic heterocycles. The lowest BCUT2D eigenvalue weighted by atomic mass is 10.1. The minimum Gasteiger partial charge on any atom is -0.350 e.